The molecule has 0 aliphatic heterocycles. The van der Waals surface area contributed by atoms with Crippen LogP contribution in [0.4, 0.5) is 4.39 Å². The molecule has 2 rings (SSSR count). The first-order valence-electron chi connectivity index (χ1n) is 3.94. The highest BCUT2D eigenvalue weighted by Crippen LogP contribution is 2.19. The maximum absolute atomic E-state index is 13.6. The molecular formula is C9H7FN2O2. The minimum Gasteiger partial charge on any atom is -0.465 e. The first-order chi connectivity index (χ1) is 6.74. The number of methoxy groups -OCH3 is 1. The molecule has 0 saturated heterocycles. The van der Waals surface area contributed by atoms with Crippen LogP contribution in [0.3, 0.4) is 0 Å². The maximum atomic E-state index is 13.6. The molecule has 0 fully saturated rings. The minimum atomic E-state index is -0.689. The summed E-state index contributed by atoms with van der Waals surface area (Å²) >= 11 is 0. The molecule has 1 heterocycles. The van der Waals surface area contributed by atoms with Crippen LogP contribution >= 0.6 is 0 Å². The number of aromatic amines is 1. The summed E-state index contributed by atoms with van der Waals surface area (Å²) < 4.78 is 18.0. The van der Waals surface area contributed by atoms with Gasteiger partial charge in [0.25, 0.3) is 0 Å². The summed E-state index contributed by atoms with van der Waals surface area (Å²) in [6.07, 6.45) is 1.33. The zero-order chi connectivity index (χ0) is 10.1. The first kappa shape index (κ1) is 8.68. The van der Waals surface area contributed by atoms with E-state index in [0.29, 0.717) is 5.52 Å². The van der Waals surface area contributed by atoms with Gasteiger partial charge in [0.15, 0.2) is 0 Å². The number of ether oxygens (including phenoxy) is 1. The van der Waals surface area contributed by atoms with E-state index in [-0.39, 0.29) is 10.9 Å². The molecule has 5 heteroatoms. The van der Waals surface area contributed by atoms with Crippen LogP contribution in [0.25, 0.3) is 10.9 Å². The molecule has 0 aliphatic carbocycles. The van der Waals surface area contributed by atoms with Crippen molar-refractivity contribution in [2.75, 3.05) is 7.11 Å². The van der Waals surface area contributed by atoms with Gasteiger partial charge in [-0.3, -0.25) is 5.10 Å². The molecular weight excluding hydrogens is 187 g/mol. The normalized spacial score (nSPS) is 10.4. The van der Waals surface area contributed by atoms with Crippen molar-refractivity contribution in [1.82, 2.24) is 10.2 Å². The summed E-state index contributed by atoms with van der Waals surface area (Å²) in [5, 5.41) is 6.56. The Hall–Kier alpha value is -1.91. The van der Waals surface area contributed by atoms with Crippen molar-refractivity contribution in [3.63, 3.8) is 0 Å². The van der Waals surface area contributed by atoms with Crippen LogP contribution in [-0.4, -0.2) is 23.3 Å². The molecule has 0 radical (unpaired) electrons. The van der Waals surface area contributed by atoms with Crippen molar-refractivity contribution in [2.24, 2.45) is 0 Å². The van der Waals surface area contributed by atoms with Crippen LogP contribution < -0.4 is 0 Å². The lowest BCUT2D eigenvalue weighted by molar-refractivity contribution is 0.0596. The fourth-order valence-corrected chi connectivity index (χ4v) is 1.25. The van der Waals surface area contributed by atoms with Crippen molar-refractivity contribution >= 4 is 16.9 Å². The summed E-state index contributed by atoms with van der Waals surface area (Å²) in [7, 11) is 1.21. The number of hydrogen-bond acceptors (Lipinski definition) is 3. The Labute approximate surface area is 78.7 Å². The van der Waals surface area contributed by atoms with E-state index in [9.17, 15) is 9.18 Å². The van der Waals surface area contributed by atoms with Crippen molar-refractivity contribution in [3.8, 4) is 0 Å². The summed E-state index contributed by atoms with van der Waals surface area (Å²) in [4.78, 5) is 11.1. The monoisotopic (exact) mass is 194 g/mol. The summed E-state index contributed by atoms with van der Waals surface area (Å²) in [6.45, 7) is 0. The highest BCUT2D eigenvalue weighted by atomic mass is 19.1. The number of nitrogens with zero attached hydrogens (tertiary/aromatic N) is 1. The van der Waals surface area contributed by atoms with E-state index in [2.05, 4.69) is 14.9 Å². The summed E-state index contributed by atoms with van der Waals surface area (Å²) in [5.41, 5.74) is 0.469. The molecule has 0 aliphatic rings. The second-order valence-corrected chi connectivity index (χ2v) is 2.75. The average Bonchev–Trinajstić information content (AvgIpc) is 2.66. The Morgan fingerprint density at radius 2 is 2.36 bits per heavy atom. The number of esters is 1. The van der Waals surface area contributed by atoms with E-state index in [4.69, 9.17) is 0 Å². The van der Waals surface area contributed by atoms with Gasteiger partial charge in [0, 0.05) is 0 Å². The lowest BCUT2D eigenvalue weighted by Gasteiger charge is -2.00. The second kappa shape index (κ2) is 3.10. The third kappa shape index (κ3) is 1.14. The van der Waals surface area contributed by atoms with E-state index >= 15 is 0 Å². The first-order valence-corrected chi connectivity index (χ1v) is 3.94. The van der Waals surface area contributed by atoms with Crippen LogP contribution in [0.15, 0.2) is 18.3 Å². The fourth-order valence-electron chi connectivity index (χ4n) is 1.25. The molecule has 0 bridgehead atoms. The Morgan fingerprint density at radius 3 is 3.07 bits per heavy atom. The van der Waals surface area contributed by atoms with E-state index < -0.39 is 11.8 Å². The molecule has 2 aromatic rings. The van der Waals surface area contributed by atoms with Gasteiger partial charge in [-0.2, -0.15) is 5.10 Å². The van der Waals surface area contributed by atoms with E-state index in [1.54, 1.807) is 6.07 Å². The maximum Gasteiger partial charge on any atom is 0.340 e. The molecule has 0 spiro atoms. The summed E-state index contributed by atoms with van der Waals surface area (Å²) in [5.74, 6) is -1.30. The van der Waals surface area contributed by atoms with Gasteiger partial charge in [-0.25, -0.2) is 9.18 Å². The van der Waals surface area contributed by atoms with Crippen molar-refractivity contribution in [2.45, 2.75) is 0 Å². The van der Waals surface area contributed by atoms with Crippen LogP contribution in [-0.2, 0) is 4.74 Å². The Kier molecular flexibility index (Phi) is 1.92. The highest BCUT2D eigenvalue weighted by Gasteiger charge is 2.15. The molecule has 0 atom stereocenters. The number of rotatable bonds is 1. The lowest BCUT2D eigenvalue weighted by Crippen LogP contribution is -2.04. The predicted octanol–water partition coefficient (Wildman–Crippen LogP) is 1.49. The van der Waals surface area contributed by atoms with Crippen LogP contribution in [0.5, 0.6) is 0 Å². The number of halogens is 1. The molecule has 72 valence electrons. The number of carbonyl (C=O) groups excluding carboxylic acids is 1. The van der Waals surface area contributed by atoms with Gasteiger partial charge in [-0.05, 0) is 12.1 Å². The van der Waals surface area contributed by atoms with Crippen LogP contribution in [0, 0.1) is 5.82 Å². The standard InChI is InChI=1S/C9H7FN2O2/c1-14-9(13)5-2-3-7-6(8(5)10)4-11-12-7/h2-4H,1H3,(H,11,12). The number of hydrogen-bond donors (Lipinski definition) is 1. The topological polar surface area (TPSA) is 55.0 Å². The third-order valence-electron chi connectivity index (χ3n) is 1.96. The molecule has 0 saturated carbocycles. The van der Waals surface area contributed by atoms with E-state index in [0.717, 1.165) is 0 Å². The van der Waals surface area contributed by atoms with E-state index in [1.807, 2.05) is 0 Å². The van der Waals surface area contributed by atoms with Crippen molar-refractivity contribution in [3.05, 3.63) is 29.7 Å². The highest BCUT2D eigenvalue weighted by molar-refractivity contribution is 5.94. The Balaban J connectivity index is 2.67. The SMILES string of the molecule is COC(=O)c1ccc2[nH]ncc2c1F. The Bertz CT molecular complexity index is 493. The molecule has 1 N–H and O–H groups in total. The number of aromatic nitrogens is 2. The van der Waals surface area contributed by atoms with Gasteiger partial charge in [0.2, 0.25) is 0 Å². The quantitative estimate of drug-likeness (QED) is 0.699. The van der Waals surface area contributed by atoms with Gasteiger partial charge in [0.05, 0.1) is 29.8 Å². The minimum absolute atomic E-state index is 0.0820. The smallest absolute Gasteiger partial charge is 0.340 e. The molecule has 14 heavy (non-hydrogen) atoms. The zero-order valence-electron chi connectivity index (χ0n) is 7.37. The van der Waals surface area contributed by atoms with Gasteiger partial charge in [-0.15, -0.1) is 0 Å². The van der Waals surface area contributed by atoms with Crippen molar-refractivity contribution < 1.29 is 13.9 Å². The number of benzene rings is 1. The number of fused-ring (bicyclic) bond motifs is 1. The fraction of sp³-hybridized carbons (Fsp3) is 0.111. The number of H-pyrrole nitrogens is 1. The predicted molar refractivity (Wildman–Crippen MR) is 47.4 cm³/mol. The Morgan fingerprint density at radius 1 is 1.57 bits per heavy atom. The average molecular weight is 194 g/mol. The van der Waals surface area contributed by atoms with Crippen molar-refractivity contribution in [1.29, 1.82) is 0 Å². The van der Waals surface area contributed by atoms with Crippen LogP contribution in [0.1, 0.15) is 10.4 Å². The summed E-state index contributed by atoms with van der Waals surface area (Å²) in [6, 6.07) is 2.94. The van der Waals surface area contributed by atoms with Gasteiger partial charge in [-0.1, -0.05) is 0 Å². The molecule has 0 unspecified atom stereocenters. The largest absolute Gasteiger partial charge is 0.465 e. The van der Waals surface area contributed by atoms with Gasteiger partial charge < -0.3 is 4.74 Å². The lowest BCUT2D eigenvalue weighted by atomic mass is 10.1. The number of carbonyl (C=O) groups is 1. The molecule has 4 nitrogen and oxygen atoms in total. The van der Waals surface area contributed by atoms with Crippen LogP contribution in [0.2, 0.25) is 0 Å². The van der Waals surface area contributed by atoms with Gasteiger partial charge in [0.1, 0.15) is 5.82 Å². The molecule has 1 aromatic heterocycles. The molecule has 0 amide bonds. The second-order valence-electron chi connectivity index (χ2n) is 2.75. The molecule has 1 aromatic carbocycles. The third-order valence-corrected chi connectivity index (χ3v) is 1.96. The zero-order valence-corrected chi connectivity index (χ0v) is 7.37. The van der Waals surface area contributed by atoms with E-state index in [1.165, 1.54) is 19.4 Å². The van der Waals surface area contributed by atoms with Gasteiger partial charge >= 0.3 is 5.97 Å². The number of nitrogens with one attached hydrogen (secondary N) is 1.